The molecule has 12 atom stereocenters. The summed E-state index contributed by atoms with van der Waals surface area (Å²) in [6.45, 7) is 8.28. The number of aromatic nitrogens is 1. The van der Waals surface area contributed by atoms with Gasteiger partial charge < -0.3 is 65.0 Å². The van der Waals surface area contributed by atoms with Crippen molar-refractivity contribution in [2.75, 3.05) is 59.5 Å². The molecule has 0 bridgehead atoms. The first-order valence-electron chi connectivity index (χ1n) is 27.3. The van der Waals surface area contributed by atoms with Gasteiger partial charge in [0.15, 0.2) is 6.10 Å². The number of carbonyl (C=O) groups is 8. The summed E-state index contributed by atoms with van der Waals surface area (Å²) in [6.07, 6.45) is 4.21. The first kappa shape index (κ1) is 56.7. The molecule has 3 aromatic rings. The number of benzene rings is 2. The fraction of sp³-hybridized carbons (Fsp3) is 0.579. The summed E-state index contributed by atoms with van der Waals surface area (Å²) in [7, 11) is 5.83. The van der Waals surface area contributed by atoms with Crippen molar-refractivity contribution in [1.82, 2.24) is 30.7 Å². The van der Waals surface area contributed by atoms with E-state index in [0.29, 0.717) is 79.0 Å². The summed E-state index contributed by atoms with van der Waals surface area (Å²) in [5.74, 6) is -7.28. The summed E-state index contributed by atoms with van der Waals surface area (Å²) >= 11 is 0. The number of ether oxygens (including phenoxy) is 4. The first-order chi connectivity index (χ1) is 37.7. The molecular formula is C57H73N7O15. The monoisotopic (exact) mass is 1100 g/mol. The van der Waals surface area contributed by atoms with Crippen LogP contribution in [-0.4, -0.2) is 180 Å². The Morgan fingerprint density at radius 1 is 0.911 bits per heavy atom. The van der Waals surface area contributed by atoms with Crippen LogP contribution in [0.3, 0.4) is 0 Å². The van der Waals surface area contributed by atoms with Gasteiger partial charge in [0.25, 0.3) is 0 Å². The lowest BCUT2D eigenvalue weighted by molar-refractivity contribution is -0.228. The average Bonchev–Trinajstić information content (AvgIpc) is 2.16. The van der Waals surface area contributed by atoms with Crippen LogP contribution in [0.2, 0.25) is 0 Å². The maximum atomic E-state index is 15.5. The Morgan fingerprint density at radius 2 is 1.65 bits per heavy atom. The molecule has 1 aromatic heterocycles. The van der Waals surface area contributed by atoms with Gasteiger partial charge in [-0.25, -0.2) is 9.59 Å². The van der Waals surface area contributed by atoms with Crippen LogP contribution < -0.4 is 25.6 Å². The molecule has 0 radical (unpaired) electrons. The van der Waals surface area contributed by atoms with E-state index in [1.54, 1.807) is 20.9 Å². The molecule has 79 heavy (non-hydrogen) atoms. The van der Waals surface area contributed by atoms with Crippen LogP contribution in [-0.2, 0) is 69.8 Å². The Kier molecular flexibility index (Phi) is 15.5. The van der Waals surface area contributed by atoms with Gasteiger partial charge in [-0.05, 0) is 87.2 Å². The van der Waals surface area contributed by atoms with Gasteiger partial charge in [0.2, 0.25) is 23.3 Å². The minimum absolute atomic E-state index is 0.0356. The van der Waals surface area contributed by atoms with Crippen molar-refractivity contribution >= 4 is 64.2 Å². The van der Waals surface area contributed by atoms with Crippen molar-refractivity contribution in [3.8, 4) is 5.75 Å². The third-order valence-corrected chi connectivity index (χ3v) is 18.4. The van der Waals surface area contributed by atoms with Crippen molar-refractivity contribution in [2.24, 2.45) is 11.3 Å². The minimum atomic E-state index is -2.41. The molecule has 7 N–H and O–H groups in total. The Balaban J connectivity index is 1.15. The molecule has 1 aliphatic carbocycles. The highest BCUT2D eigenvalue weighted by atomic mass is 16.6. The number of likely N-dealkylation sites (tertiary alicyclic amines) is 1. The lowest BCUT2D eigenvalue weighted by Crippen LogP contribution is -2.81. The molecule has 22 nitrogen and oxygen atoms in total. The third kappa shape index (κ3) is 8.79. The van der Waals surface area contributed by atoms with Gasteiger partial charge in [-0.3, -0.25) is 33.7 Å². The number of carboxylic acids is 2. The van der Waals surface area contributed by atoms with Crippen LogP contribution in [0.5, 0.6) is 5.75 Å². The Labute approximate surface area is 457 Å². The van der Waals surface area contributed by atoms with Gasteiger partial charge in [0.1, 0.15) is 29.3 Å². The van der Waals surface area contributed by atoms with E-state index in [-0.39, 0.29) is 32.4 Å². The number of aliphatic hydroxyl groups is 1. The molecule has 3 amide bonds. The topological polar surface area (TPSA) is 296 Å². The maximum Gasteiger partial charge on any atom is 0.344 e. The van der Waals surface area contributed by atoms with Crippen molar-refractivity contribution in [3.05, 3.63) is 70.9 Å². The lowest BCUT2D eigenvalue weighted by atomic mass is 9.47. The van der Waals surface area contributed by atoms with Crippen LogP contribution in [0.25, 0.3) is 10.9 Å². The fourth-order valence-electron chi connectivity index (χ4n) is 14.9. The number of nitrogens with one attached hydrogen (secondary N) is 4. The van der Waals surface area contributed by atoms with Gasteiger partial charge >= 0.3 is 29.8 Å². The normalized spacial score (nSPS) is 30.0. The molecule has 6 aliphatic rings. The molecule has 426 valence electrons. The Bertz CT molecular complexity index is 3000. The third-order valence-electron chi connectivity index (χ3n) is 18.4. The van der Waals surface area contributed by atoms with E-state index < -0.39 is 124 Å². The molecular weight excluding hydrogens is 1020 g/mol. The first-order valence-corrected chi connectivity index (χ1v) is 27.3. The number of para-hydroxylation sites is 1. The number of amides is 3. The van der Waals surface area contributed by atoms with Crippen LogP contribution in [0.4, 0.5) is 5.69 Å². The zero-order valence-corrected chi connectivity index (χ0v) is 46.0. The highest BCUT2D eigenvalue weighted by Crippen LogP contribution is 2.68. The van der Waals surface area contributed by atoms with E-state index in [9.17, 15) is 44.1 Å². The highest BCUT2D eigenvalue weighted by molar-refractivity contribution is 5.98. The SMILES string of the molecule is CC[C@H](C)[C@H](NC(=O)[C@@H]1CCCN1C(=O)[C@@H]1Cc2c([nH]c3ccccc23)[C@@](C(=O)OC)(c2cc3c(cc2OC)N(C)[C@H]2[C@@](O)(C(=O)OC)[C@H](OC(C)=O)[C@]4(CC)C=CCN5CC[C@]32[C@@H]54)CCCN1)C(=O)N[C@@H](CC(=O)O)C(=O)O. The molecule has 1 spiro atoms. The number of anilines is 1. The van der Waals surface area contributed by atoms with E-state index in [1.165, 1.54) is 33.2 Å². The van der Waals surface area contributed by atoms with Crippen molar-refractivity contribution < 1.29 is 72.6 Å². The second kappa shape index (κ2) is 21.5. The molecule has 22 heteroatoms. The van der Waals surface area contributed by atoms with E-state index in [4.69, 9.17) is 18.9 Å². The number of esters is 3. The highest BCUT2D eigenvalue weighted by Gasteiger charge is 2.80. The number of aromatic amines is 1. The standard InChI is InChI=1S/C57H73N7O15/c1-9-30(3)43(46(69)60-38(48(71)72)28-42(66)67)61-45(68)39-18-13-24-64(39)47(70)37-26-33-32-16-11-12-17-36(32)59-44(33)55(52(73)77-7,20-14-22-58-37)35-27-34-40(29-41(35)76-6)62(5)50-56(34)21-25-63-23-15-19-54(10-2,49(56)63)51(79-31(4)65)57(50,75)53(74)78-8/h11-12,15-17,19,27,29-30,37-39,43,49-51,58-59,75H,9-10,13-14,18,20-26,28H2,1-8H3,(H,60,69)(H,61,68)(H,66,67)(H,71,72)/t30-,37-,38-,39-,43-,49-,50+,51+,54+,55-,56+,57-/m0/s1. The average molecular weight is 1100 g/mol. The summed E-state index contributed by atoms with van der Waals surface area (Å²) in [5.41, 5.74) is -2.59. The number of methoxy groups -OCH3 is 3. The number of carbonyl (C=O) groups excluding carboxylic acids is 6. The molecule has 5 aliphatic heterocycles. The molecule has 2 aromatic carbocycles. The van der Waals surface area contributed by atoms with Gasteiger partial charge in [0.05, 0.1) is 39.8 Å². The van der Waals surface area contributed by atoms with Crippen LogP contribution >= 0.6 is 0 Å². The minimum Gasteiger partial charge on any atom is -0.496 e. The zero-order chi connectivity index (χ0) is 57.1. The molecule has 3 fully saturated rings. The van der Waals surface area contributed by atoms with E-state index in [2.05, 4.69) is 25.8 Å². The van der Waals surface area contributed by atoms with Crippen molar-refractivity contribution in [3.63, 3.8) is 0 Å². The fourth-order valence-corrected chi connectivity index (χ4v) is 14.9. The number of rotatable bonds is 16. The van der Waals surface area contributed by atoms with Gasteiger partial charge in [-0.15, -0.1) is 0 Å². The number of likely N-dealkylation sites (N-methyl/N-ethyl adjacent to an activating group) is 1. The predicted octanol–water partition coefficient (Wildman–Crippen LogP) is 2.44. The van der Waals surface area contributed by atoms with Gasteiger partial charge in [-0.2, -0.15) is 0 Å². The summed E-state index contributed by atoms with van der Waals surface area (Å²) in [6, 6.07) is 4.94. The van der Waals surface area contributed by atoms with Crippen molar-refractivity contribution in [2.45, 2.75) is 144 Å². The maximum absolute atomic E-state index is 15.5. The van der Waals surface area contributed by atoms with Gasteiger partial charge in [0, 0.05) is 77.8 Å². The van der Waals surface area contributed by atoms with E-state index >= 15 is 9.59 Å². The predicted molar refractivity (Wildman–Crippen MR) is 285 cm³/mol. The van der Waals surface area contributed by atoms with E-state index in [0.717, 1.165) is 10.9 Å². The quantitative estimate of drug-likeness (QED) is 0.0616. The number of nitrogens with zero attached hydrogens (tertiary/aromatic N) is 3. The van der Waals surface area contributed by atoms with Crippen LogP contribution in [0.15, 0.2) is 48.6 Å². The van der Waals surface area contributed by atoms with Crippen molar-refractivity contribution in [1.29, 1.82) is 0 Å². The van der Waals surface area contributed by atoms with Crippen LogP contribution in [0, 0.1) is 11.3 Å². The lowest BCUT2D eigenvalue weighted by Gasteiger charge is -2.63. The molecule has 2 saturated heterocycles. The second-order valence-electron chi connectivity index (χ2n) is 22.2. The Morgan fingerprint density at radius 3 is 2.30 bits per heavy atom. The molecule has 0 unspecified atom stereocenters. The smallest absolute Gasteiger partial charge is 0.344 e. The number of fused-ring (bicyclic) bond motifs is 4. The number of H-pyrrole nitrogens is 1. The summed E-state index contributed by atoms with van der Waals surface area (Å²) in [4.78, 5) is 119. The zero-order valence-electron chi connectivity index (χ0n) is 46.0. The second-order valence-corrected chi connectivity index (χ2v) is 22.2. The number of carboxylic acid groups (broad SMARTS) is 2. The number of hydrogen-bond acceptors (Lipinski definition) is 16. The van der Waals surface area contributed by atoms with Crippen LogP contribution in [0.1, 0.15) is 101 Å². The Hall–Kier alpha value is -7.04. The van der Waals surface area contributed by atoms with Gasteiger partial charge in [-0.1, -0.05) is 57.5 Å². The largest absolute Gasteiger partial charge is 0.496 e. The molecule has 6 heterocycles. The molecule has 1 saturated carbocycles. The summed E-state index contributed by atoms with van der Waals surface area (Å²) in [5, 5.41) is 41.7. The molecule has 9 rings (SSSR count). The number of hydrogen-bond donors (Lipinski definition) is 7. The number of aliphatic carboxylic acids is 2. The van der Waals surface area contributed by atoms with E-state index in [1.807, 2.05) is 60.4 Å². The summed E-state index contributed by atoms with van der Waals surface area (Å²) < 4.78 is 23.9.